The van der Waals surface area contributed by atoms with E-state index in [0.717, 1.165) is 12.1 Å². The molecule has 1 heterocycles. The van der Waals surface area contributed by atoms with E-state index >= 15 is 0 Å². The van der Waals surface area contributed by atoms with E-state index in [4.69, 9.17) is 4.52 Å². The van der Waals surface area contributed by atoms with Crippen LogP contribution in [0.5, 0.6) is 0 Å². The third-order valence-corrected chi connectivity index (χ3v) is 2.94. The van der Waals surface area contributed by atoms with E-state index in [2.05, 4.69) is 53.7 Å². The fraction of sp³-hybridized carbons (Fsp3) is 0.0625. The Morgan fingerprint density at radius 2 is 1.50 bits per heavy atom. The molecule has 2 nitrogen and oxygen atoms in total. The molecular formula is C16H13NO. The van der Waals surface area contributed by atoms with Gasteiger partial charge in [-0.2, -0.15) is 0 Å². The number of hydrogen-bond acceptors (Lipinski definition) is 2. The molecule has 0 N–H and O–H groups in total. The van der Waals surface area contributed by atoms with E-state index in [1.54, 1.807) is 6.26 Å². The van der Waals surface area contributed by atoms with Gasteiger partial charge >= 0.3 is 0 Å². The zero-order valence-electron chi connectivity index (χ0n) is 9.91. The van der Waals surface area contributed by atoms with E-state index in [0.29, 0.717) is 0 Å². The Kier molecular flexibility index (Phi) is 2.92. The van der Waals surface area contributed by atoms with Crippen LogP contribution in [0, 0.1) is 0 Å². The summed E-state index contributed by atoms with van der Waals surface area (Å²) in [5, 5.41) is 3.92. The van der Waals surface area contributed by atoms with Gasteiger partial charge in [0.1, 0.15) is 6.26 Å². The minimum atomic E-state index is 0.811. The zero-order chi connectivity index (χ0) is 12.2. The molecule has 2 heteroatoms. The SMILES string of the molecule is c1ccc(-c2ccc(Cc3ccon3)cc2)cc1. The molecule has 1 aromatic heterocycles. The summed E-state index contributed by atoms with van der Waals surface area (Å²) in [4.78, 5) is 0. The van der Waals surface area contributed by atoms with Crippen LogP contribution in [-0.2, 0) is 6.42 Å². The fourth-order valence-corrected chi connectivity index (χ4v) is 1.98. The van der Waals surface area contributed by atoms with Gasteiger partial charge in [-0.1, -0.05) is 59.8 Å². The Labute approximate surface area is 106 Å². The predicted molar refractivity (Wildman–Crippen MR) is 71.2 cm³/mol. The monoisotopic (exact) mass is 235 g/mol. The van der Waals surface area contributed by atoms with E-state index in [9.17, 15) is 0 Å². The first-order valence-electron chi connectivity index (χ1n) is 5.95. The molecule has 88 valence electrons. The van der Waals surface area contributed by atoms with Gasteiger partial charge in [0.05, 0.1) is 5.69 Å². The summed E-state index contributed by atoms with van der Waals surface area (Å²) >= 11 is 0. The summed E-state index contributed by atoms with van der Waals surface area (Å²) < 4.78 is 4.83. The molecule has 0 unspecified atom stereocenters. The van der Waals surface area contributed by atoms with Crippen molar-refractivity contribution < 1.29 is 4.52 Å². The first-order chi connectivity index (χ1) is 8.92. The maximum atomic E-state index is 4.83. The molecule has 0 aliphatic carbocycles. The van der Waals surface area contributed by atoms with Crippen LogP contribution in [0.4, 0.5) is 0 Å². The van der Waals surface area contributed by atoms with Gasteiger partial charge in [-0.25, -0.2) is 0 Å². The first kappa shape index (κ1) is 10.8. The largest absolute Gasteiger partial charge is 0.365 e. The predicted octanol–water partition coefficient (Wildman–Crippen LogP) is 3.93. The molecule has 18 heavy (non-hydrogen) atoms. The molecule has 0 aliphatic rings. The highest BCUT2D eigenvalue weighted by Gasteiger charge is 2.00. The number of nitrogens with zero attached hydrogens (tertiary/aromatic N) is 1. The van der Waals surface area contributed by atoms with E-state index in [-0.39, 0.29) is 0 Å². The average molecular weight is 235 g/mol. The van der Waals surface area contributed by atoms with Crippen molar-refractivity contribution in [1.82, 2.24) is 5.16 Å². The van der Waals surface area contributed by atoms with Crippen LogP contribution >= 0.6 is 0 Å². The van der Waals surface area contributed by atoms with Crippen molar-refractivity contribution in [2.45, 2.75) is 6.42 Å². The molecule has 0 spiro atoms. The molecule has 0 atom stereocenters. The van der Waals surface area contributed by atoms with Crippen molar-refractivity contribution in [3.8, 4) is 11.1 Å². The number of hydrogen-bond donors (Lipinski definition) is 0. The summed E-state index contributed by atoms with van der Waals surface area (Å²) in [5.74, 6) is 0. The van der Waals surface area contributed by atoms with Crippen LogP contribution in [-0.4, -0.2) is 5.16 Å². The van der Waals surface area contributed by atoms with Gasteiger partial charge in [0, 0.05) is 12.5 Å². The lowest BCUT2D eigenvalue weighted by Crippen LogP contribution is -1.87. The third kappa shape index (κ3) is 2.33. The van der Waals surface area contributed by atoms with E-state index in [1.807, 2.05) is 12.1 Å². The van der Waals surface area contributed by atoms with Crippen molar-refractivity contribution in [2.75, 3.05) is 0 Å². The number of aromatic nitrogens is 1. The van der Waals surface area contributed by atoms with Gasteiger partial charge in [0.25, 0.3) is 0 Å². The Hall–Kier alpha value is -2.35. The lowest BCUT2D eigenvalue weighted by Gasteiger charge is -2.03. The lowest BCUT2D eigenvalue weighted by molar-refractivity contribution is 0.413. The molecule has 0 amide bonds. The van der Waals surface area contributed by atoms with Crippen molar-refractivity contribution in [3.05, 3.63) is 78.2 Å². The Morgan fingerprint density at radius 1 is 0.778 bits per heavy atom. The van der Waals surface area contributed by atoms with Gasteiger partial charge < -0.3 is 4.52 Å². The smallest absolute Gasteiger partial charge is 0.124 e. The molecule has 3 aromatic rings. The normalized spacial score (nSPS) is 10.4. The van der Waals surface area contributed by atoms with Crippen LogP contribution in [0.3, 0.4) is 0 Å². The second kappa shape index (κ2) is 4.88. The van der Waals surface area contributed by atoms with E-state index < -0.39 is 0 Å². The minimum Gasteiger partial charge on any atom is -0.365 e. The highest BCUT2D eigenvalue weighted by molar-refractivity contribution is 5.63. The summed E-state index contributed by atoms with van der Waals surface area (Å²) in [6, 6.07) is 20.8. The highest BCUT2D eigenvalue weighted by Crippen LogP contribution is 2.20. The quantitative estimate of drug-likeness (QED) is 0.687. The summed E-state index contributed by atoms with van der Waals surface area (Å²) in [5.41, 5.74) is 4.68. The Morgan fingerprint density at radius 3 is 2.17 bits per heavy atom. The zero-order valence-corrected chi connectivity index (χ0v) is 9.91. The fourth-order valence-electron chi connectivity index (χ4n) is 1.98. The highest BCUT2D eigenvalue weighted by atomic mass is 16.5. The molecule has 0 saturated carbocycles. The average Bonchev–Trinajstić information content (AvgIpc) is 2.94. The van der Waals surface area contributed by atoms with Gasteiger partial charge in [-0.15, -0.1) is 0 Å². The maximum Gasteiger partial charge on any atom is 0.124 e. The van der Waals surface area contributed by atoms with Crippen molar-refractivity contribution in [3.63, 3.8) is 0 Å². The number of benzene rings is 2. The molecule has 0 radical (unpaired) electrons. The van der Waals surface area contributed by atoms with Crippen LogP contribution in [0.25, 0.3) is 11.1 Å². The topological polar surface area (TPSA) is 26.0 Å². The van der Waals surface area contributed by atoms with Crippen molar-refractivity contribution >= 4 is 0 Å². The first-order valence-corrected chi connectivity index (χ1v) is 5.95. The van der Waals surface area contributed by atoms with Crippen molar-refractivity contribution in [2.24, 2.45) is 0 Å². The maximum absolute atomic E-state index is 4.83. The van der Waals surface area contributed by atoms with Gasteiger partial charge in [0.2, 0.25) is 0 Å². The Balaban J connectivity index is 1.81. The molecule has 0 bridgehead atoms. The van der Waals surface area contributed by atoms with Crippen LogP contribution in [0.15, 0.2) is 71.4 Å². The second-order valence-electron chi connectivity index (χ2n) is 4.23. The molecule has 0 fully saturated rings. The molecule has 3 rings (SSSR count). The van der Waals surface area contributed by atoms with Gasteiger partial charge in [-0.05, 0) is 16.7 Å². The molecule has 2 aromatic carbocycles. The van der Waals surface area contributed by atoms with E-state index in [1.165, 1.54) is 16.7 Å². The summed E-state index contributed by atoms with van der Waals surface area (Å²) in [6.45, 7) is 0. The second-order valence-corrected chi connectivity index (χ2v) is 4.23. The van der Waals surface area contributed by atoms with Crippen LogP contribution in [0.1, 0.15) is 11.3 Å². The summed E-state index contributed by atoms with van der Waals surface area (Å²) in [6.07, 6.45) is 2.42. The standard InChI is InChI=1S/C16H13NO/c1-2-4-14(5-3-1)15-8-6-13(7-9-15)12-16-10-11-18-17-16/h1-11H,12H2. The Bertz CT molecular complexity index is 597. The summed E-state index contributed by atoms with van der Waals surface area (Å²) in [7, 11) is 0. The van der Waals surface area contributed by atoms with Gasteiger partial charge in [0.15, 0.2) is 0 Å². The van der Waals surface area contributed by atoms with Crippen LogP contribution < -0.4 is 0 Å². The molecular weight excluding hydrogens is 222 g/mol. The van der Waals surface area contributed by atoms with Gasteiger partial charge in [-0.3, -0.25) is 0 Å². The van der Waals surface area contributed by atoms with Crippen molar-refractivity contribution in [1.29, 1.82) is 0 Å². The molecule has 0 saturated heterocycles. The minimum absolute atomic E-state index is 0.811. The number of rotatable bonds is 3. The third-order valence-electron chi connectivity index (χ3n) is 2.94. The molecule has 0 aliphatic heterocycles. The van der Waals surface area contributed by atoms with Crippen LogP contribution in [0.2, 0.25) is 0 Å². The lowest BCUT2D eigenvalue weighted by atomic mass is 10.0.